The van der Waals surface area contributed by atoms with E-state index in [2.05, 4.69) is 48.7 Å². The number of benzene rings is 1. The molecule has 0 radical (unpaired) electrons. The van der Waals surface area contributed by atoms with Gasteiger partial charge in [-0.05, 0) is 24.6 Å². The first-order valence-electron chi connectivity index (χ1n) is 5.23. The van der Waals surface area contributed by atoms with Gasteiger partial charge < -0.3 is 10.6 Å². The van der Waals surface area contributed by atoms with E-state index in [1.165, 1.54) is 11.3 Å². The molecule has 0 heterocycles. The van der Waals surface area contributed by atoms with E-state index in [0.717, 1.165) is 13.1 Å². The quantitative estimate of drug-likeness (QED) is 0.700. The summed E-state index contributed by atoms with van der Waals surface area (Å²) in [6.45, 7) is 6.41. The number of hydrogen-bond acceptors (Lipinski definition) is 2. The van der Waals surface area contributed by atoms with Crippen LogP contribution < -0.4 is 10.6 Å². The molecule has 1 rings (SSSR count). The first-order chi connectivity index (χ1) is 6.75. The summed E-state index contributed by atoms with van der Waals surface area (Å²) in [5, 5.41) is 6.56. The van der Waals surface area contributed by atoms with Crippen LogP contribution in [0.1, 0.15) is 25.3 Å². The molecule has 0 fully saturated rings. The summed E-state index contributed by atoms with van der Waals surface area (Å²) in [7, 11) is 1.97. The number of likely N-dealkylation sites (N-methyl/N-ethyl adjacent to an activating group) is 1. The van der Waals surface area contributed by atoms with Gasteiger partial charge in [0.1, 0.15) is 0 Å². The molecule has 0 aliphatic heterocycles. The van der Waals surface area contributed by atoms with Crippen LogP contribution in [0, 0.1) is 0 Å². The third-order valence-corrected chi connectivity index (χ3v) is 2.27. The van der Waals surface area contributed by atoms with Gasteiger partial charge in [-0.3, -0.25) is 0 Å². The standard InChI is InChI=1S/C12H20N2/c1-10(2)11-6-4-5-7-12(11)14-9-8-13-3/h4-7,10,13-14H,8-9H2,1-3H3. The first kappa shape index (κ1) is 11.1. The Bertz CT molecular complexity index is 269. The lowest BCUT2D eigenvalue weighted by Gasteiger charge is -2.14. The summed E-state index contributed by atoms with van der Waals surface area (Å²) in [6.07, 6.45) is 0. The molecule has 0 amide bonds. The van der Waals surface area contributed by atoms with Crippen molar-refractivity contribution in [2.24, 2.45) is 0 Å². The van der Waals surface area contributed by atoms with Crippen LogP contribution in [0.4, 0.5) is 5.69 Å². The number of rotatable bonds is 5. The van der Waals surface area contributed by atoms with Gasteiger partial charge in [0.2, 0.25) is 0 Å². The van der Waals surface area contributed by atoms with Crippen molar-refractivity contribution in [3.63, 3.8) is 0 Å². The van der Waals surface area contributed by atoms with Crippen molar-refractivity contribution in [3.05, 3.63) is 29.8 Å². The largest absolute Gasteiger partial charge is 0.384 e. The fourth-order valence-electron chi connectivity index (χ4n) is 1.48. The fraction of sp³-hybridized carbons (Fsp3) is 0.500. The molecule has 2 N–H and O–H groups in total. The Morgan fingerprint density at radius 1 is 1.14 bits per heavy atom. The summed E-state index contributed by atoms with van der Waals surface area (Å²) < 4.78 is 0. The normalized spacial score (nSPS) is 10.6. The van der Waals surface area contributed by atoms with Crippen molar-refractivity contribution >= 4 is 5.69 Å². The number of hydrogen-bond donors (Lipinski definition) is 2. The predicted molar refractivity (Wildman–Crippen MR) is 62.9 cm³/mol. The number of nitrogens with one attached hydrogen (secondary N) is 2. The lowest BCUT2D eigenvalue weighted by molar-refractivity contribution is 0.817. The van der Waals surface area contributed by atoms with Crippen molar-refractivity contribution in [2.75, 3.05) is 25.5 Å². The second-order valence-corrected chi connectivity index (χ2v) is 3.77. The lowest BCUT2D eigenvalue weighted by atomic mass is 10.0. The zero-order chi connectivity index (χ0) is 10.4. The Morgan fingerprint density at radius 2 is 1.86 bits per heavy atom. The van der Waals surface area contributed by atoms with Crippen LogP contribution in [0.15, 0.2) is 24.3 Å². The highest BCUT2D eigenvalue weighted by Crippen LogP contribution is 2.23. The maximum atomic E-state index is 3.43. The Hall–Kier alpha value is -1.02. The molecular weight excluding hydrogens is 172 g/mol. The molecule has 78 valence electrons. The second kappa shape index (κ2) is 5.66. The van der Waals surface area contributed by atoms with Gasteiger partial charge in [0, 0.05) is 18.8 Å². The van der Waals surface area contributed by atoms with E-state index < -0.39 is 0 Å². The van der Waals surface area contributed by atoms with Crippen LogP contribution in [-0.4, -0.2) is 20.1 Å². The summed E-state index contributed by atoms with van der Waals surface area (Å²) in [5.74, 6) is 0.577. The Morgan fingerprint density at radius 3 is 2.50 bits per heavy atom. The molecule has 14 heavy (non-hydrogen) atoms. The molecule has 2 nitrogen and oxygen atoms in total. The molecule has 0 saturated heterocycles. The highest BCUT2D eigenvalue weighted by Gasteiger charge is 2.03. The highest BCUT2D eigenvalue weighted by atomic mass is 14.9. The molecule has 1 aromatic rings. The van der Waals surface area contributed by atoms with E-state index in [1.807, 2.05) is 7.05 Å². The minimum Gasteiger partial charge on any atom is -0.384 e. The molecule has 0 atom stereocenters. The topological polar surface area (TPSA) is 24.1 Å². The molecule has 0 unspecified atom stereocenters. The van der Waals surface area contributed by atoms with Crippen LogP contribution in [0.25, 0.3) is 0 Å². The van der Waals surface area contributed by atoms with Crippen LogP contribution in [0.3, 0.4) is 0 Å². The summed E-state index contributed by atoms with van der Waals surface area (Å²) in [5.41, 5.74) is 2.65. The van der Waals surface area contributed by atoms with Gasteiger partial charge in [0.15, 0.2) is 0 Å². The SMILES string of the molecule is CNCCNc1ccccc1C(C)C. The van der Waals surface area contributed by atoms with E-state index in [-0.39, 0.29) is 0 Å². The highest BCUT2D eigenvalue weighted by molar-refractivity contribution is 5.52. The smallest absolute Gasteiger partial charge is 0.0375 e. The van der Waals surface area contributed by atoms with Gasteiger partial charge in [-0.1, -0.05) is 32.0 Å². The Labute approximate surface area is 86.7 Å². The Balaban J connectivity index is 2.64. The molecule has 0 aliphatic carbocycles. The van der Waals surface area contributed by atoms with Crippen LogP contribution in [0.5, 0.6) is 0 Å². The zero-order valence-corrected chi connectivity index (χ0v) is 9.30. The molecule has 0 spiro atoms. The Kier molecular flexibility index (Phi) is 4.47. The van der Waals surface area contributed by atoms with E-state index in [4.69, 9.17) is 0 Å². The van der Waals surface area contributed by atoms with E-state index >= 15 is 0 Å². The number of anilines is 1. The summed E-state index contributed by atoms with van der Waals surface area (Å²) in [4.78, 5) is 0. The van der Waals surface area contributed by atoms with Gasteiger partial charge in [-0.25, -0.2) is 0 Å². The van der Waals surface area contributed by atoms with Gasteiger partial charge in [-0.2, -0.15) is 0 Å². The minimum atomic E-state index is 0.577. The maximum Gasteiger partial charge on any atom is 0.0375 e. The van der Waals surface area contributed by atoms with E-state index in [1.54, 1.807) is 0 Å². The summed E-state index contributed by atoms with van der Waals surface area (Å²) >= 11 is 0. The minimum absolute atomic E-state index is 0.577. The molecule has 2 heteroatoms. The van der Waals surface area contributed by atoms with Crippen LogP contribution >= 0.6 is 0 Å². The monoisotopic (exact) mass is 192 g/mol. The van der Waals surface area contributed by atoms with Gasteiger partial charge in [0.05, 0.1) is 0 Å². The van der Waals surface area contributed by atoms with Crippen LogP contribution in [0.2, 0.25) is 0 Å². The zero-order valence-electron chi connectivity index (χ0n) is 9.30. The first-order valence-corrected chi connectivity index (χ1v) is 5.23. The van der Waals surface area contributed by atoms with E-state index in [9.17, 15) is 0 Å². The van der Waals surface area contributed by atoms with Gasteiger partial charge in [0.25, 0.3) is 0 Å². The molecule has 0 aliphatic rings. The summed E-state index contributed by atoms with van der Waals surface area (Å²) in [6, 6.07) is 8.50. The van der Waals surface area contributed by atoms with Gasteiger partial charge in [-0.15, -0.1) is 0 Å². The lowest BCUT2D eigenvalue weighted by Crippen LogP contribution is -2.18. The van der Waals surface area contributed by atoms with Crippen molar-refractivity contribution in [1.82, 2.24) is 5.32 Å². The third-order valence-electron chi connectivity index (χ3n) is 2.27. The van der Waals surface area contributed by atoms with E-state index in [0.29, 0.717) is 5.92 Å². The third kappa shape index (κ3) is 3.04. The van der Waals surface area contributed by atoms with Crippen molar-refractivity contribution in [3.8, 4) is 0 Å². The average molecular weight is 192 g/mol. The molecule has 0 aromatic heterocycles. The molecule has 0 bridgehead atoms. The molecule has 1 aromatic carbocycles. The van der Waals surface area contributed by atoms with Crippen molar-refractivity contribution in [2.45, 2.75) is 19.8 Å². The molecule has 0 saturated carbocycles. The second-order valence-electron chi connectivity index (χ2n) is 3.77. The van der Waals surface area contributed by atoms with Crippen LogP contribution in [-0.2, 0) is 0 Å². The van der Waals surface area contributed by atoms with Gasteiger partial charge >= 0.3 is 0 Å². The van der Waals surface area contributed by atoms with Crippen molar-refractivity contribution < 1.29 is 0 Å². The molecular formula is C12H20N2. The fourth-order valence-corrected chi connectivity index (χ4v) is 1.48. The average Bonchev–Trinajstić information content (AvgIpc) is 2.19. The van der Waals surface area contributed by atoms with Crippen molar-refractivity contribution in [1.29, 1.82) is 0 Å². The number of para-hydroxylation sites is 1. The maximum absolute atomic E-state index is 3.43. The predicted octanol–water partition coefficient (Wildman–Crippen LogP) is 2.44.